The predicted octanol–water partition coefficient (Wildman–Crippen LogP) is 1.73. The van der Waals surface area contributed by atoms with Gasteiger partial charge in [0.05, 0.1) is 5.56 Å². The fourth-order valence-corrected chi connectivity index (χ4v) is 0.919. The SMILES string of the molecule is N#Cc1nc(C(=O)O)c(C(F)F)cc1F. The first-order valence-electron chi connectivity index (χ1n) is 3.59. The van der Waals surface area contributed by atoms with Crippen LogP contribution in [0.5, 0.6) is 0 Å². The monoisotopic (exact) mass is 216 g/mol. The van der Waals surface area contributed by atoms with E-state index in [2.05, 4.69) is 4.98 Å². The number of carbonyl (C=O) groups is 1. The van der Waals surface area contributed by atoms with Crippen molar-refractivity contribution in [2.75, 3.05) is 0 Å². The van der Waals surface area contributed by atoms with Gasteiger partial charge in [-0.25, -0.2) is 22.9 Å². The molecule has 0 unspecified atom stereocenters. The maximum Gasteiger partial charge on any atom is 0.355 e. The largest absolute Gasteiger partial charge is 0.476 e. The maximum atomic E-state index is 12.8. The molecule has 0 radical (unpaired) electrons. The summed E-state index contributed by atoms with van der Waals surface area (Å²) >= 11 is 0. The fourth-order valence-electron chi connectivity index (χ4n) is 0.919. The van der Waals surface area contributed by atoms with Crippen LogP contribution in [0, 0.1) is 17.1 Å². The van der Waals surface area contributed by atoms with Crippen molar-refractivity contribution in [3.8, 4) is 6.07 Å². The number of rotatable bonds is 2. The second kappa shape index (κ2) is 3.96. The van der Waals surface area contributed by atoms with Gasteiger partial charge in [-0.1, -0.05) is 0 Å². The number of hydrogen-bond donors (Lipinski definition) is 1. The summed E-state index contributed by atoms with van der Waals surface area (Å²) in [6, 6.07) is 1.57. The van der Waals surface area contributed by atoms with E-state index in [0.29, 0.717) is 6.07 Å². The standard InChI is InChI=1S/C8H3F3N2O2/c9-4-1-3(7(10)11)6(8(14)15)13-5(4)2-12/h1,7H,(H,14,15). The Balaban J connectivity index is 3.47. The van der Waals surface area contributed by atoms with Crippen LogP contribution in [0.3, 0.4) is 0 Å². The molecule has 7 heteroatoms. The van der Waals surface area contributed by atoms with Crippen molar-refractivity contribution < 1.29 is 23.1 Å². The Morgan fingerprint density at radius 1 is 1.60 bits per heavy atom. The molecule has 0 aliphatic carbocycles. The quantitative estimate of drug-likeness (QED) is 0.816. The number of nitriles is 1. The van der Waals surface area contributed by atoms with E-state index < -0.39 is 35.2 Å². The van der Waals surface area contributed by atoms with Gasteiger partial charge in [-0.05, 0) is 6.07 Å². The zero-order valence-corrected chi connectivity index (χ0v) is 7.04. The summed E-state index contributed by atoms with van der Waals surface area (Å²) in [5.74, 6) is -3.00. The predicted molar refractivity (Wildman–Crippen MR) is 40.8 cm³/mol. The molecule has 15 heavy (non-hydrogen) atoms. The highest BCUT2D eigenvalue weighted by Crippen LogP contribution is 2.23. The molecule has 0 atom stereocenters. The molecule has 1 N–H and O–H groups in total. The molecule has 78 valence electrons. The number of carboxylic acids is 1. The Kier molecular flexibility index (Phi) is 2.90. The van der Waals surface area contributed by atoms with Crippen LogP contribution in [0.1, 0.15) is 28.2 Å². The van der Waals surface area contributed by atoms with Gasteiger partial charge in [0.1, 0.15) is 6.07 Å². The lowest BCUT2D eigenvalue weighted by atomic mass is 10.1. The minimum Gasteiger partial charge on any atom is -0.476 e. The Labute approximate surface area is 81.6 Å². The maximum absolute atomic E-state index is 12.8. The first-order chi connectivity index (χ1) is 6.97. The summed E-state index contributed by atoms with van der Waals surface area (Å²) in [4.78, 5) is 13.5. The van der Waals surface area contributed by atoms with Crippen LogP contribution < -0.4 is 0 Å². The average molecular weight is 216 g/mol. The smallest absolute Gasteiger partial charge is 0.355 e. The normalized spacial score (nSPS) is 10.1. The molecular weight excluding hydrogens is 213 g/mol. The van der Waals surface area contributed by atoms with E-state index in [1.807, 2.05) is 0 Å². The van der Waals surface area contributed by atoms with E-state index in [0.717, 1.165) is 0 Å². The van der Waals surface area contributed by atoms with Crippen LogP contribution in [-0.2, 0) is 0 Å². The molecular formula is C8H3F3N2O2. The van der Waals surface area contributed by atoms with E-state index in [4.69, 9.17) is 10.4 Å². The number of aromatic nitrogens is 1. The van der Waals surface area contributed by atoms with Gasteiger partial charge < -0.3 is 5.11 Å². The van der Waals surface area contributed by atoms with Crippen molar-refractivity contribution in [1.29, 1.82) is 5.26 Å². The zero-order chi connectivity index (χ0) is 11.6. The summed E-state index contributed by atoms with van der Waals surface area (Å²) in [6.45, 7) is 0. The summed E-state index contributed by atoms with van der Waals surface area (Å²) in [5, 5.41) is 16.8. The molecule has 0 fully saturated rings. The molecule has 0 aliphatic heterocycles. The van der Waals surface area contributed by atoms with Gasteiger partial charge in [-0.15, -0.1) is 0 Å². The molecule has 1 rings (SSSR count). The summed E-state index contributed by atoms with van der Waals surface area (Å²) in [6.07, 6.45) is -3.16. The molecule has 0 saturated carbocycles. The third kappa shape index (κ3) is 2.04. The van der Waals surface area contributed by atoms with E-state index in [-0.39, 0.29) is 0 Å². The van der Waals surface area contributed by atoms with Gasteiger partial charge >= 0.3 is 5.97 Å². The van der Waals surface area contributed by atoms with E-state index in [1.54, 1.807) is 0 Å². The molecule has 1 aromatic heterocycles. The lowest BCUT2D eigenvalue weighted by molar-refractivity contribution is 0.0676. The van der Waals surface area contributed by atoms with Gasteiger partial charge in [0.25, 0.3) is 6.43 Å². The number of aromatic carboxylic acids is 1. The number of pyridine rings is 1. The van der Waals surface area contributed by atoms with Crippen LogP contribution in [0.25, 0.3) is 0 Å². The Morgan fingerprint density at radius 3 is 2.60 bits per heavy atom. The summed E-state index contributed by atoms with van der Waals surface area (Å²) in [7, 11) is 0. The van der Waals surface area contributed by atoms with Crippen LogP contribution in [0.2, 0.25) is 0 Å². The van der Waals surface area contributed by atoms with Crippen molar-refractivity contribution in [3.63, 3.8) is 0 Å². The number of carboxylic acid groups (broad SMARTS) is 1. The molecule has 0 aliphatic rings. The van der Waals surface area contributed by atoms with E-state index in [1.165, 1.54) is 6.07 Å². The zero-order valence-electron chi connectivity index (χ0n) is 7.04. The highest BCUT2D eigenvalue weighted by atomic mass is 19.3. The fraction of sp³-hybridized carbons (Fsp3) is 0.125. The third-order valence-corrected chi connectivity index (χ3v) is 1.55. The van der Waals surface area contributed by atoms with Gasteiger partial charge in [0.15, 0.2) is 17.2 Å². The molecule has 1 aromatic rings. The van der Waals surface area contributed by atoms with E-state index in [9.17, 15) is 18.0 Å². The Hall–Kier alpha value is -2.10. The number of nitrogens with zero attached hydrogens (tertiary/aromatic N) is 2. The minimum atomic E-state index is -3.16. The van der Waals surface area contributed by atoms with Crippen LogP contribution >= 0.6 is 0 Å². The Morgan fingerprint density at radius 2 is 2.20 bits per heavy atom. The van der Waals surface area contributed by atoms with Gasteiger partial charge in [0, 0.05) is 0 Å². The van der Waals surface area contributed by atoms with Gasteiger partial charge in [-0.2, -0.15) is 5.26 Å². The van der Waals surface area contributed by atoms with Crippen LogP contribution in [0.4, 0.5) is 13.2 Å². The summed E-state index contributed by atoms with van der Waals surface area (Å²) < 4.78 is 37.3. The van der Waals surface area contributed by atoms with E-state index >= 15 is 0 Å². The second-order valence-electron chi connectivity index (χ2n) is 2.47. The lowest BCUT2D eigenvalue weighted by Gasteiger charge is -2.04. The second-order valence-corrected chi connectivity index (χ2v) is 2.47. The van der Waals surface area contributed by atoms with Crippen LogP contribution in [0.15, 0.2) is 6.07 Å². The first kappa shape index (κ1) is 11.0. The summed E-state index contributed by atoms with van der Waals surface area (Å²) in [5.41, 5.74) is -2.88. The number of halogens is 3. The molecule has 4 nitrogen and oxygen atoms in total. The first-order valence-corrected chi connectivity index (χ1v) is 3.59. The number of hydrogen-bond acceptors (Lipinski definition) is 3. The topological polar surface area (TPSA) is 74.0 Å². The van der Waals surface area contributed by atoms with Gasteiger partial charge in [-0.3, -0.25) is 0 Å². The van der Waals surface area contributed by atoms with Crippen molar-refractivity contribution in [2.45, 2.75) is 6.43 Å². The Bertz CT molecular complexity index is 454. The van der Waals surface area contributed by atoms with Crippen molar-refractivity contribution >= 4 is 5.97 Å². The van der Waals surface area contributed by atoms with Crippen molar-refractivity contribution in [2.24, 2.45) is 0 Å². The molecule has 0 aromatic carbocycles. The molecule has 0 amide bonds. The number of alkyl halides is 2. The highest BCUT2D eigenvalue weighted by Gasteiger charge is 2.22. The molecule has 1 heterocycles. The third-order valence-electron chi connectivity index (χ3n) is 1.55. The van der Waals surface area contributed by atoms with Gasteiger partial charge in [0.2, 0.25) is 0 Å². The van der Waals surface area contributed by atoms with Crippen LogP contribution in [-0.4, -0.2) is 16.1 Å². The minimum absolute atomic E-state index is 0.305. The molecule has 0 saturated heterocycles. The molecule has 0 bridgehead atoms. The van der Waals surface area contributed by atoms with Crippen molar-refractivity contribution in [1.82, 2.24) is 4.98 Å². The van der Waals surface area contributed by atoms with Crippen molar-refractivity contribution in [3.05, 3.63) is 28.8 Å². The lowest BCUT2D eigenvalue weighted by Crippen LogP contribution is -2.09. The highest BCUT2D eigenvalue weighted by molar-refractivity contribution is 5.87. The molecule has 0 spiro atoms. The average Bonchev–Trinajstić information content (AvgIpc) is 2.16.